The lowest BCUT2D eigenvalue weighted by atomic mass is 9.68. The van der Waals surface area contributed by atoms with Crippen LogP contribution >= 0.6 is 0 Å². The van der Waals surface area contributed by atoms with E-state index in [-0.39, 0.29) is 18.3 Å². The number of ether oxygens (including phenoxy) is 1. The van der Waals surface area contributed by atoms with E-state index in [0.717, 1.165) is 25.3 Å². The molecule has 2 bridgehead atoms. The smallest absolute Gasteiger partial charge is 0.161 e. The summed E-state index contributed by atoms with van der Waals surface area (Å²) in [4.78, 5) is 14.9. The topological polar surface area (TPSA) is 49.8 Å². The minimum atomic E-state index is -0.747. The van der Waals surface area contributed by atoms with Crippen LogP contribution in [0.25, 0.3) is 0 Å². The number of piperidine rings is 3. The van der Waals surface area contributed by atoms with Gasteiger partial charge in [0, 0.05) is 25.6 Å². The fraction of sp³-hybridized carbons (Fsp3) is 0.933. The Morgan fingerprint density at radius 2 is 2.11 bits per heavy atom. The van der Waals surface area contributed by atoms with Gasteiger partial charge < -0.3 is 9.84 Å². The Morgan fingerprint density at radius 3 is 2.74 bits per heavy atom. The highest BCUT2D eigenvalue weighted by molar-refractivity contribution is 5.92. The Kier molecular flexibility index (Phi) is 3.67. The third kappa shape index (κ3) is 1.96. The summed E-state index contributed by atoms with van der Waals surface area (Å²) < 4.78 is 5.29. The summed E-state index contributed by atoms with van der Waals surface area (Å²) in [6.45, 7) is 1.18. The van der Waals surface area contributed by atoms with Crippen LogP contribution in [-0.2, 0) is 9.53 Å². The predicted molar refractivity (Wildman–Crippen MR) is 71.9 cm³/mol. The largest absolute Gasteiger partial charge is 0.394 e. The molecule has 4 atom stereocenters. The summed E-state index contributed by atoms with van der Waals surface area (Å²) >= 11 is 0. The second kappa shape index (κ2) is 5.15. The molecule has 1 aliphatic carbocycles. The van der Waals surface area contributed by atoms with Crippen molar-refractivity contribution >= 4 is 5.78 Å². The van der Waals surface area contributed by atoms with E-state index >= 15 is 0 Å². The van der Waals surface area contributed by atoms with Crippen LogP contribution in [-0.4, -0.2) is 54.2 Å². The highest BCUT2D eigenvalue weighted by Gasteiger charge is 2.57. The van der Waals surface area contributed by atoms with Crippen LogP contribution in [0.3, 0.4) is 0 Å². The molecule has 3 aliphatic heterocycles. The summed E-state index contributed by atoms with van der Waals surface area (Å²) in [5.41, 5.74) is -0.747. The molecule has 4 nitrogen and oxygen atoms in total. The van der Waals surface area contributed by atoms with E-state index in [1.165, 1.54) is 25.7 Å². The van der Waals surface area contributed by atoms with Crippen LogP contribution in [0.15, 0.2) is 0 Å². The molecule has 0 aromatic rings. The SMILES string of the molecule is COCC1(CO)C(=O)C2CCN1C(C1CCCC1)C2. The van der Waals surface area contributed by atoms with Crippen molar-refractivity contribution in [2.45, 2.75) is 50.1 Å². The van der Waals surface area contributed by atoms with E-state index in [4.69, 9.17) is 4.74 Å². The van der Waals surface area contributed by atoms with E-state index in [2.05, 4.69) is 4.90 Å². The molecule has 4 aliphatic rings. The number of methoxy groups -OCH3 is 1. The van der Waals surface area contributed by atoms with Crippen LogP contribution in [0, 0.1) is 11.8 Å². The fourth-order valence-corrected chi connectivity index (χ4v) is 4.68. The molecule has 0 aromatic carbocycles. The van der Waals surface area contributed by atoms with E-state index in [9.17, 15) is 9.90 Å². The molecule has 19 heavy (non-hydrogen) atoms. The van der Waals surface area contributed by atoms with Crippen molar-refractivity contribution in [3.05, 3.63) is 0 Å². The first-order valence-corrected chi connectivity index (χ1v) is 7.64. The highest BCUT2D eigenvalue weighted by atomic mass is 16.5. The Balaban J connectivity index is 1.89. The molecule has 4 unspecified atom stereocenters. The third-order valence-electron chi connectivity index (χ3n) is 5.61. The monoisotopic (exact) mass is 267 g/mol. The summed E-state index contributed by atoms with van der Waals surface area (Å²) in [5.74, 6) is 1.09. The number of nitrogens with zero attached hydrogens (tertiary/aromatic N) is 1. The molecule has 108 valence electrons. The summed E-state index contributed by atoms with van der Waals surface area (Å²) in [7, 11) is 1.62. The number of carbonyl (C=O) groups is 1. The minimum absolute atomic E-state index is 0.0978. The lowest BCUT2D eigenvalue weighted by molar-refractivity contribution is -0.169. The van der Waals surface area contributed by atoms with Gasteiger partial charge in [0.05, 0.1) is 13.2 Å². The fourth-order valence-electron chi connectivity index (χ4n) is 4.68. The van der Waals surface area contributed by atoms with Crippen LogP contribution in [0.4, 0.5) is 0 Å². The molecule has 3 heterocycles. The van der Waals surface area contributed by atoms with E-state index in [1.807, 2.05) is 0 Å². The first-order valence-electron chi connectivity index (χ1n) is 7.64. The van der Waals surface area contributed by atoms with Gasteiger partial charge in [-0.3, -0.25) is 9.69 Å². The first kappa shape index (κ1) is 13.5. The predicted octanol–water partition coefficient (Wildman–Crippen LogP) is 1.22. The van der Waals surface area contributed by atoms with Crippen LogP contribution in [0.5, 0.6) is 0 Å². The van der Waals surface area contributed by atoms with Gasteiger partial charge in [-0.25, -0.2) is 0 Å². The molecule has 4 rings (SSSR count). The molecule has 4 heteroatoms. The third-order valence-corrected chi connectivity index (χ3v) is 5.61. The number of carbonyl (C=O) groups excluding carboxylic acids is 1. The molecular weight excluding hydrogens is 242 g/mol. The van der Waals surface area contributed by atoms with Gasteiger partial charge in [0.2, 0.25) is 0 Å². The molecule has 4 fully saturated rings. The zero-order chi connectivity index (χ0) is 13.5. The van der Waals surface area contributed by atoms with Gasteiger partial charge in [-0.05, 0) is 31.6 Å². The van der Waals surface area contributed by atoms with Crippen molar-refractivity contribution in [2.75, 3.05) is 26.9 Å². The van der Waals surface area contributed by atoms with Crippen molar-refractivity contribution < 1.29 is 14.6 Å². The number of hydrogen-bond donors (Lipinski definition) is 1. The van der Waals surface area contributed by atoms with Crippen molar-refractivity contribution in [3.8, 4) is 0 Å². The van der Waals surface area contributed by atoms with Gasteiger partial charge in [0.1, 0.15) is 5.54 Å². The maximum absolute atomic E-state index is 12.6. The second-order valence-electron chi connectivity index (χ2n) is 6.51. The Bertz CT molecular complexity index is 353. The van der Waals surface area contributed by atoms with E-state index in [0.29, 0.717) is 12.6 Å². The zero-order valence-electron chi connectivity index (χ0n) is 11.8. The Labute approximate surface area is 115 Å². The molecule has 3 saturated heterocycles. The van der Waals surface area contributed by atoms with Gasteiger partial charge in [0.15, 0.2) is 5.78 Å². The molecule has 0 aromatic heterocycles. The standard InChI is InChI=1S/C15H25NO3/c1-19-10-15(9-17)14(18)12-6-7-16(15)13(8-12)11-4-2-3-5-11/h11-13,17H,2-10H2,1H3. The average Bonchev–Trinajstić information content (AvgIpc) is 2.97. The number of aliphatic hydroxyl groups is 1. The number of hydrogen-bond acceptors (Lipinski definition) is 4. The molecule has 1 N–H and O–H groups in total. The van der Waals surface area contributed by atoms with Crippen LogP contribution in [0.2, 0.25) is 0 Å². The van der Waals surface area contributed by atoms with Crippen molar-refractivity contribution in [2.24, 2.45) is 11.8 Å². The quantitative estimate of drug-likeness (QED) is 0.832. The molecule has 0 radical (unpaired) electrons. The Morgan fingerprint density at radius 1 is 1.37 bits per heavy atom. The summed E-state index contributed by atoms with van der Waals surface area (Å²) in [6.07, 6.45) is 7.20. The molecular formula is C15H25NO3. The van der Waals surface area contributed by atoms with Crippen LogP contribution in [0.1, 0.15) is 38.5 Å². The van der Waals surface area contributed by atoms with Crippen molar-refractivity contribution in [3.63, 3.8) is 0 Å². The Hall–Kier alpha value is -0.450. The first-order chi connectivity index (χ1) is 9.23. The number of ketones is 1. The molecule has 0 spiro atoms. The van der Waals surface area contributed by atoms with E-state index in [1.54, 1.807) is 7.11 Å². The maximum Gasteiger partial charge on any atom is 0.161 e. The van der Waals surface area contributed by atoms with E-state index < -0.39 is 5.54 Å². The van der Waals surface area contributed by atoms with Gasteiger partial charge in [0.25, 0.3) is 0 Å². The zero-order valence-corrected chi connectivity index (χ0v) is 11.8. The van der Waals surface area contributed by atoms with Crippen molar-refractivity contribution in [1.82, 2.24) is 4.90 Å². The number of aliphatic hydroxyl groups excluding tert-OH is 1. The maximum atomic E-state index is 12.6. The number of rotatable bonds is 4. The second-order valence-corrected chi connectivity index (χ2v) is 6.51. The minimum Gasteiger partial charge on any atom is -0.394 e. The lowest BCUT2D eigenvalue weighted by Gasteiger charge is -2.57. The lowest BCUT2D eigenvalue weighted by Crippen LogP contribution is -2.72. The summed E-state index contributed by atoms with van der Waals surface area (Å²) in [5, 5.41) is 9.88. The number of fused-ring (bicyclic) bond motifs is 3. The molecule has 0 amide bonds. The highest BCUT2D eigenvalue weighted by Crippen LogP contribution is 2.45. The number of Topliss-reactive ketones (excluding diaryl/α,β-unsaturated/α-hetero) is 1. The normalized spacial score (nSPS) is 43.1. The summed E-state index contributed by atoms with van der Waals surface area (Å²) in [6, 6.07) is 0.487. The molecule has 1 saturated carbocycles. The van der Waals surface area contributed by atoms with Gasteiger partial charge in [-0.15, -0.1) is 0 Å². The van der Waals surface area contributed by atoms with Gasteiger partial charge >= 0.3 is 0 Å². The average molecular weight is 267 g/mol. The van der Waals surface area contributed by atoms with Crippen LogP contribution < -0.4 is 0 Å². The van der Waals surface area contributed by atoms with Gasteiger partial charge in [-0.2, -0.15) is 0 Å². The van der Waals surface area contributed by atoms with Crippen molar-refractivity contribution in [1.29, 1.82) is 0 Å². The van der Waals surface area contributed by atoms with Gasteiger partial charge in [-0.1, -0.05) is 12.8 Å².